The lowest BCUT2D eigenvalue weighted by Gasteiger charge is -2.19. The smallest absolute Gasteiger partial charge is 0.332 e. The quantitative estimate of drug-likeness (QED) is 0.496. The second kappa shape index (κ2) is 8.16. The third kappa shape index (κ3) is 10.8. The van der Waals surface area contributed by atoms with Gasteiger partial charge in [-0.3, -0.25) is 9.36 Å². The summed E-state index contributed by atoms with van der Waals surface area (Å²) in [5.41, 5.74) is 0. The molecule has 0 aliphatic carbocycles. The molecule has 0 rings (SSSR count). The van der Waals surface area contributed by atoms with Gasteiger partial charge in [-0.2, -0.15) is 0 Å². The maximum atomic E-state index is 11.5. The van der Waals surface area contributed by atoms with Crippen LogP contribution in [-0.4, -0.2) is 36.9 Å². The molecular weight excluding hydrogens is 259 g/mol. The van der Waals surface area contributed by atoms with E-state index in [9.17, 15) is 9.36 Å². The normalized spacial score (nSPS) is 14.0. The van der Waals surface area contributed by atoms with Gasteiger partial charge in [-0.25, -0.2) is 0 Å². The molecule has 2 N–H and O–H groups in total. The van der Waals surface area contributed by atoms with E-state index in [1.807, 2.05) is 13.1 Å². The molecule has 0 saturated heterocycles. The third-order valence-electron chi connectivity index (χ3n) is 2.18. The standard InChI is InChI=1S/C10H23O5PSi/c1-4-5-6-10(15-17(2)3)7-9(11)8-16(12,13)14/h10,17H,4-8H2,1-3H3,(H2,12,13,14). The topological polar surface area (TPSA) is 83.8 Å². The Bertz CT molecular complexity index is 276. The number of ketones is 1. The monoisotopic (exact) mass is 282 g/mol. The van der Waals surface area contributed by atoms with Crippen molar-refractivity contribution >= 4 is 22.4 Å². The number of unbranched alkanes of at least 4 members (excludes halogenated alkanes) is 1. The summed E-state index contributed by atoms with van der Waals surface area (Å²) in [4.78, 5) is 28.9. The molecule has 0 saturated carbocycles. The van der Waals surface area contributed by atoms with Gasteiger partial charge >= 0.3 is 7.60 Å². The molecule has 17 heavy (non-hydrogen) atoms. The van der Waals surface area contributed by atoms with Crippen molar-refractivity contribution in [3.05, 3.63) is 0 Å². The molecule has 0 aromatic carbocycles. The maximum absolute atomic E-state index is 11.5. The SMILES string of the molecule is CCCCC(CC(=O)CP(=O)(O)O)O[SiH](C)C. The zero-order valence-corrected chi connectivity index (χ0v) is 12.8. The zero-order chi connectivity index (χ0) is 13.5. The molecule has 1 atom stereocenters. The summed E-state index contributed by atoms with van der Waals surface area (Å²) in [5, 5.41) is 0. The molecule has 0 aromatic heterocycles. The summed E-state index contributed by atoms with van der Waals surface area (Å²) in [6.07, 6.45) is 2.06. The van der Waals surface area contributed by atoms with Gasteiger partial charge in [-0.1, -0.05) is 19.8 Å². The van der Waals surface area contributed by atoms with Crippen LogP contribution in [0.15, 0.2) is 0 Å². The number of carbonyl (C=O) groups is 1. The van der Waals surface area contributed by atoms with E-state index in [1.165, 1.54) is 0 Å². The molecule has 0 spiro atoms. The zero-order valence-electron chi connectivity index (χ0n) is 10.8. The fraction of sp³-hybridized carbons (Fsp3) is 0.900. The van der Waals surface area contributed by atoms with Gasteiger partial charge < -0.3 is 14.2 Å². The fourth-order valence-corrected chi connectivity index (χ4v) is 3.17. The summed E-state index contributed by atoms with van der Waals surface area (Å²) in [6, 6.07) is 0. The van der Waals surface area contributed by atoms with Crippen LogP contribution in [0.3, 0.4) is 0 Å². The van der Waals surface area contributed by atoms with Gasteiger partial charge in [0.15, 0.2) is 9.04 Å². The minimum absolute atomic E-state index is 0.121. The van der Waals surface area contributed by atoms with Crippen LogP contribution in [0, 0.1) is 0 Å². The Balaban J connectivity index is 4.21. The van der Waals surface area contributed by atoms with Gasteiger partial charge in [-0.05, 0) is 19.5 Å². The summed E-state index contributed by atoms with van der Waals surface area (Å²) < 4.78 is 16.4. The van der Waals surface area contributed by atoms with Crippen LogP contribution >= 0.6 is 7.60 Å². The summed E-state index contributed by atoms with van der Waals surface area (Å²) >= 11 is 0. The first-order valence-corrected chi connectivity index (χ1v) is 10.5. The van der Waals surface area contributed by atoms with Gasteiger partial charge in [-0.15, -0.1) is 0 Å². The number of hydrogen-bond acceptors (Lipinski definition) is 3. The van der Waals surface area contributed by atoms with E-state index in [1.54, 1.807) is 0 Å². The first kappa shape index (κ1) is 17.0. The number of rotatable bonds is 9. The predicted molar refractivity (Wildman–Crippen MR) is 69.8 cm³/mol. The van der Waals surface area contributed by atoms with Gasteiger partial charge in [0.2, 0.25) is 0 Å². The van der Waals surface area contributed by atoms with E-state index in [0.29, 0.717) is 0 Å². The van der Waals surface area contributed by atoms with E-state index in [4.69, 9.17) is 14.2 Å². The highest BCUT2D eigenvalue weighted by Gasteiger charge is 2.22. The van der Waals surface area contributed by atoms with E-state index in [2.05, 4.69) is 6.92 Å². The second-order valence-electron chi connectivity index (χ2n) is 4.51. The average Bonchev–Trinajstić information content (AvgIpc) is 2.09. The Morgan fingerprint density at radius 1 is 1.41 bits per heavy atom. The minimum atomic E-state index is -4.23. The lowest BCUT2D eigenvalue weighted by molar-refractivity contribution is -0.118. The van der Waals surface area contributed by atoms with Crippen molar-refractivity contribution in [2.45, 2.75) is 51.8 Å². The van der Waals surface area contributed by atoms with Gasteiger partial charge in [0.25, 0.3) is 0 Å². The first-order valence-electron chi connectivity index (χ1n) is 5.96. The van der Waals surface area contributed by atoms with Crippen LogP contribution in [0.2, 0.25) is 13.1 Å². The number of hydrogen-bond donors (Lipinski definition) is 2. The number of carbonyl (C=O) groups excluding carboxylic acids is 1. The highest BCUT2D eigenvalue weighted by Crippen LogP contribution is 2.34. The van der Waals surface area contributed by atoms with Crippen molar-refractivity contribution in [2.24, 2.45) is 0 Å². The molecular formula is C10H23O5PSi. The van der Waals surface area contributed by atoms with E-state index < -0.39 is 28.6 Å². The largest absolute Gasteiger partial charge is 0.417 e. The van der Waals surface area contributed by atoms with Gasteiger partial charge in [0.1, 0.15) is 11.9 Å². The van der Waals surface area contributed by atoms with Gasteiger partial charge in [0, 0.05) is 6.42 Å². The third-order valence-corrected chi connectivity index (χ3v) is 3.88. The molecule has 0 aliphatic rings. The summed E-state index contributed by atoms with van der Waals surface area (Å²) in [5.74, 6) is -0.408. The molecule has 1 unspecified atom stereocenters. The van der Waals surface area contributed by atoms with Crippen molar-refractivity contribution in [1.29, 1.82) is 0 Å². The molecule has 7 heteroatoms. The molecule has 0 fully saturated rings. The van der Waals surface area contributed by atoms with Crippen LogP contribution in [0.1, 0.15) is 32.6 Å². The van der Waals surface area contributed by atoms with Crippen LogP contribution < -0.4 is 0 Å². The molecule has 0 amide bonds. The Kier molecular flexibility index (Phi) is 8.16. The molecule has 0 aliphatic heterocycles. The molecule has 0 bridgehead atoms. The Hall–Kier alpha value is -0.00312. The lowest BCUT2D eigenvalue weighted by Crippen LogP contribution is -2.25. The lowest BCUT2D eigenvalue weighted by atomic mass is 10.1. The first-order chi connectivity index (χ1) is 7.74. The van der Waals surface area contributed by atoms with Crippen molar-refractivity contribution in [2.75, 3.05) is 6.16 Å². The Morgan fingerprint density at radius 2 is 2.00 bits per heavy atom. The van der Waals surface area contributed by atoms with Crippen molar-refractivity contribution in [1.82, 2.24) is 0 Å². The van der Waals surface area contributed by atoms with Crippen molar-refractivity contribution < 1.29 is 23.6 Å². The second-order valence-corrected chi connectivity index (χ2v) is 8.53. The van der Waals surface area contributed by atoms with Crippen LogP contribution in [-0.2, 0) is 13.8 Å². The predicted octanol–water partition coefficient (Wildman–Crippen LogP) is 1.68. The molecule has 5 nitrogen and oxygen atoms in total. The van der Waals surface area contributed by atoms with E-state index >= 15 is 0 Å². The van der Waals surface area contributed by atoms with Gasteiger partial charge in [0.05, 0.1) is 6.10 Å². The van der Waals surface area contributed by atoms with Crippen LogP contribution in [0.5, 0.6) is 0 Å². The van der Waals surface area contributed by atoms with Crippen molar-refractivity contribution in [3.8, 4) is 0 Å². The van der Waals surface area contributed by atoms with Crippen LogP contribution in [0.25, 0.3) is 0 Å². The maximum Gasteiger partial charge on any atom is 0.332 e. The van der Waals surface area contributed by atoms with E-state index in [0.717, 1.165) is 19.3 Å². The highest BCUT2D eigenvalue weighted by atomic mass is 31.2. The van der Waals surface area contributed by atoms with Crippen LogP contribution in [0.4, 0.5) is 0 Å². The Labute approximate surface area is 104 Å². The van der Waals surface area contributed by atoms with E-state index in [-0.39, 0.29) is 12.5 Å². The molecule has 0 aromatic rings. The summed E-state index contributed by atoms with van der Waals surface area (Å²) in [7, 11) is -5.46. The Morgan fingerprint density at radius 3 is 2.41 bits per heavy atom. The molecule has 0 heterocycles. The van der Waals surface area contributed by atoms with Crippen molar-refractivity contribution in [3.63, 3.8) is 0 Å². The molecule has 0 radical (unpaired) electrons. The highest BCUT2D eigenvalue weighted by molar-refractivity contribution is 7.52. The number of Topliss-reactive ketones (excluding diaryl/α,β-unsaturated/α-hetero) is 1. The summed E-state index contributed by atoms with van der Waals surface area (Å²) in [6.45, 7) is 6.10. The molecule has 102 valence electrons. The average molecular weight is 282 g/mol. The minimum Gasteiger partial charge on any atom is -0.417 e. The fourth-order valence-electron chi connectivity index (χ4n) is 1.58.